The molecule has 0 bridgehead atoms. The average molecular weight is 294 g/mol. The number of ether oxygens (including phenoxy) is 2. The Morgan fingerprint density at radius 1 is 0.952 bits per heavy atom. The third kappa shape index (κ3) is 6.38. The number of rotatable bonds is 11. The summed E-state index contributed by atoms with van der Waals surface area (Å²) in [4.78, 5) is 0. The van der Waals surface area contributed by atoms with Crippen molar-refractivity contribution in [3.63, 3.8) is 0 Å². The van der Waals surface area contributed by atoms with Crippen LogP contribution in [0.2, 0.25) is 0 Å². The molecule has 3 nitrogen and oxygen atoms in total. The van der Waals surface area contributed by atoms with Gasteiger partial charge in [0, 0.05) is 11.6 Å². The van der Waals surface area contributed by atoms with Crippen LogP contribution in [0.5, 0.6) is 11.5 Å². The van der Waals surface area contributed by atoms with Crippen molar-refractivity contribution in [1.29, 1.82) is 0 Å². The summed E-state index contributed by atoms with van der Waals surface area (Å²) >= 11 is 0. The Morgan fingerprint density at radius 3 is 2.24 bits per heavy atom. The van der Waals surface area contributed by atoms with E-state index in [1.165, 1.54) is 38.5 Å². The van der Waals surface area contributed by atoms with Crippen LogP contribution in [-0.4, -0.2) is 19.3 Å². The van der Waals surface area contributed by atoms with E-state index < -0.39 is 6.10 Å². The molecule has 0 aromatic heterocycles. The molecule has 1 unspecified atom stereocenters. The van der Waals surface area contributed by atoms with Crippen LogP contribution in [0.4, 0.5) is 0 Å². The summed E-state index contributed by atoms with van der Waals surface area (Å²) in [5.74, 6) is 1.45. The van der Waals surface area contributed by atoms with Gasteiger partial charge in [-0.1, -0.05) is 51.9 Å². The lowest BCUT2D eigenvalue weighted by atomic mass is 10.0. The van der Waals surface area contributed by atoms with Crippen LogP contribution in [0.3, 0.4) is 0 Å². The fourth-order valence-corrected chi connectivity index (χ4v) is 2.54. The fraction of sp³-hybridized carbons (Fsp3) is 0.667. The van der Waals surface area contributed by atoms with Gasteiger partial charge in [-0.3, -0.25) is 0 Å². The van der Waals surface area contributed by atoms with E-state index in [9.17, 15) is 5.11 Å². The largest absolute Gasteiger partial charge is 0.497 e. The molecule has 0 saturated carbocycles. The normalized spacial score (nSPS) is 12.2. The summed E-state index contributed by atoms with van der Waals surface area (Å²) in [5.41, 5.74) is 0.851. The highest BCUT2D eigenvalue weighted by Gasteiger charge is 2.13. The number of methoxy groups -OCH3 is 2. The minimum Gasteiger partial charge on any atom is -0.497 e. The topological polar surface area (TPSA) is 38.7 Å². The highest BCUT2D eigenvalue weighted by atomic mass is 16.5. The molecule has 0 aliphatic rings. The van der Waals surface area contributed by atoms with E-state index in [4.69, 9.17) is 9.47 Å². The average Bonchev–Trinajstić information content (AvgIpc) is 2.53. The lowest BCUT2D eigenvalue weighted by Crippen LogP contribution is -2.01. The van der Waals surface area contributed by atoms with Crippen molar-refractivity contribution in [3.05, 3.63) is 23.8 Å². The summed E-state index contributed by atoms with van der Waals surface area (Å²) in [6, 6.07) is 5.58. The van der Waals surface area contributed by atoms with Crippen LogP contribution in [0, 0.1) is 0 Å². The summed E-state index contributed by atoms with van der Waals surface area (Å²) in [6.07, 6.45) is 9.13. The molecule has 0 fully saturated rings. The van der Waals surface area contributed by atoms with Crippen LogP contribution >= 0.6 is 0 Å². The monoisotopic (exact) mass is 294 g/mol. The zero-order valence-corrected chi connectivity index (χ0v) is 13.7. The first kappa shape index (κ1) is 17.8. The highest BCUT2D eigenvalue weighted by Crippen LogP contribution is 2.31. The second kappa shape index (κ2) is 10.5. The second-order valence-electron chi connectivity index (χ2n) is 5.53. The Balaban J connectivity index is 2.36. The molecule has 1 N–H and O–H groups in total. The number of hydrogen-bond acceptors (Lipinski definition) is 3. The Hall–Kier alpha value is -1.22. The zero-order valence-electron chi connectivity index (χ0n) is 13.7. The summed E-state index contributed by atoms with van der Waals surface area (Å²) in [5, 5.41) is 10.3. The molecule has 1 aromatic carbocycles. The van der Waals surface area contributed by atoms with Gasteiger partial charge in [0.15, 0.2) is 0 Å². The molecule has 3 heteroatoms. The Morgan fingerprint density at radius 2 is 1.62 bits per heavy atom. The Labute approximate surface area is 129 Å². The van der Waals surface area contributed by atoms with Crippen LogP contribution in [0.25, 0.3) is 0 Å². The molecule has 21 heavy (non-hydrogen) atoms. The molecule has 0 aliphatic heterocycles. The van der Waals surface area contributed by atoms with Crippen LogP contribution < -0.4 is 9.47 Å². The second-order valence-corrected chi connectivity index (χ2v) is 5.53. The van der Waals surface area contributed by atoms with Gasteiger partial charge in [-0.25, -0.2) is 0 Å². The minimum absolute atomic E-state index is 0.457. The quantitative estimate of drug-likeness (QED) is 0.591. The molecule has 1 rings (SSSR count). The third-order valence-electron chi connectivity index (χ3n) is 3.88. The van der Waals surface area contributed by atoms with Crippen LogP contribution in [0.1, 0.15) is 70.0 Å². The van der Waals surface area contributed by atoms with E-state index >= 15 is 0 Å². The first-order valence-corrected chi connectivity index (χ1v) is 8.13. The molecule has 1 atom stereocenters. The van der Waals surface area contributed by atoms with Gasteiger partial charge in [-0.15, -0.1) is 0 Å². The third-order valence-corrected chi connectivity index (χ3v) is 3.88. The molecule has 0 saturated heterocycles. The number of hydrogen-bond donors (Lipinski definition) is 1. The first-order valence-electron chi connectivity index (χ1n) is 8.13. The molecule has 0 radical (unpaired) electrons. The summed E-state index contributed by atoms with van der Waals surface area (Å²) < 4.78 is 10.5. The predicted molar refractivity (Wildman–Crippen MR) is 87.1 cm³/mol. The lowest BCUT2D eigenvalue weighted by Gasteiger charge is -2.15. The molecule has 0 aliphatic carbocycles. The van der Waals surface area contributed by atoms with E-state index in [0.717, 1.165) is 24.2 Å². The fourth-order valence-electron chi connectivity index (χ4n) is 2.54. The van der Waals surface area contributed by atoms with Gasteiger partial charge in [0.25, 0.3) is 0 Å². The molecular formula is C18H30O3. The number of benzene rings is 1. The summed E-state index contributed by atoms with van der Waals surface area (Å²) in [7, 11) is 3.25. The Kier molecular flexibility index (Phi) is 8.91. The molecule has 120 valence electrons. The van der Waals surface area contributed by atoms with Gasteiger partial charge in [0.2, 0.25) is 0 Å². The van der Waals surface area contributed by atoms with Gasteiger partial charge < -0.3 is 14.6 Å². The predicted octanol–water partition coefficient (Wildman–Crippen LogP) is 4.88. The van der Waals surface area contributed by atoms with Gasteiger partial charge >= 0.3 is 0 Å². The summed E-state index contributed by atoms with van der Waals surface area (Å²) in [6.45, 7) is 2.23. The van der Waals surface area contributed by atoms with E-state index in [1.807, 2.05) is 18.2 Å². The van der Waals surface area contributed by atoms with Crippen molar-refractivity contribution in [1.82, 2.24) is 0 Å². The maximum Gasteiger partial charge on any atom is 0.128 e. The Bertz CT molecular complexity index is 390. The number of aliphatic hydroxyl groups excluding tert-OH is 1. The van der Waals surface area contributed by atoms with E-state index in [1.54, 1.807) is 14.2 Å². The van der Waals surface area contributed by atoms with Gasteiger partial charge in [0.05, 0.1) is 20.3 Å². The van der Waals surface area contributed by atoms with Crippen LogP contribution in [0.15, 0.2) is 18.2 Å². The molecule has 0 spiro atoms. The molecule has 0 heterocycles. The van der Waals surface area contributed by atoms with Gasteiger partial charge in [-0.05, 0) is 18.6 Å². The van der Waals surface area contributed by atoms with Crippen molar-refractivity contribution in [3.8, 4) is 11.5 Å². The lowest BCUT2D eigenvalue weighted by molar-refractivity contribution is 0.159. The first-order chi connectivity index (χ1) is 10.2. The van der Waals surface area contributed by atoms with Crippen molar-refractivity contribution in [2.75, 3.05) is 14.2 Å². The zero-order chi connectivity index (χ0) is 15.5. The standard InChI is InChI=1S/C18H30O3/c1-4-5-6-7-8-9-10-11-17(19)16-13-12-15(20-2)14-18(16)21-3/h12-14,17,19H,4-11H2,1-3H3. The maximum absolute atomic E-state index is 10.3. The maximum atomic E-state index is 10.3. The molecule has 0 amide bonds. The SMILES string of the molecule is CCCCCCCCCC(O)c1ccc(OC)cc1OC. The minimum atomic E-state index is -0.457. The van der Waals surface area contributed by atoms with Crippen molar-refractivity contribution < 1.29 is 14.6 Å². The molecular weight excluding hydrogens is 264 g/mol. The van der Waals surface area contributed by atoms with E-state index in [0.29, 0.717) is 5.75 Å². The molecule has 1 aromatic rings. The van der Waals surface area contributed by atoms with Crippen molar-refractivity contribution in [2.45, 2.75) is 64.4 Å². The smallest absolute Gasteiger partial charge is 0.128 e. The number of unbranched alkanes of at least 4 members (excludes halogenated alkanes) is 6. The van der Waals surface area contributed by atoms with Crippen molar-refractivity contribution >= 4 is 0 Å². The van der Waals surface area contributed by atoms with E-state index in [-0.39, 0.29) is 0 Å². The van der Waals surface area contributed by atoms with Crippen molar-refractivity contribution in [2.24, 2.45) is 0 Å². The highest BCUT2D eigenvalue weighted by molar-refractivity contribution is 5.41. The van der Waals surface area contributed by atoms with Crippen LogP contribution in [-0.2, 0) is 0 Å². The van der Waals surface area contributed by atoms with E-state index in [2.05, 4.69) is 6.92 Å². The van der Waals surface area contributed by atoms with Gasteiger partial charge in [-0.2, -0.15) is 0 Å². The van der Waals surface area contributed by atoms with Gasteiger partial charge in [0.1, 0.15) is 11.5 Å². The number of aliphatic hydroxyl groups is 1.